The minimum atomic E-state index is -4.46. The highest BCUT2D eigenvalue weighted by atomic mass is 19.4. The summed E-state index contributed by atoms with van der Waals surface area (Å²) in [6, 6.07) is 4.69. The molecule has 2 aromatic rings. The predicted octanol–water partition coefficient (Wildman–Crippen LogP) is 2.48. The van der Waals surface area contributed by atoms with Crippen molar-refractivity contribution in [2.24, 2.45) is 0 Å². The SMILES string of the molecule is COc1cc(OC)c2[nH]c(C(=O)NCC(F)(F)F)cc2c1. The predicted molar refractivity (Wildman–Crippen MR) is 69.8 cm³/mol. The maximum absolute atomic E-state index is 12.1. The van der Waals surface area contributed by atoms with E-state index in [1.807, 2.05) is 0 Å². The van der Waals surface area contributed by atoms with E-state index in [1.165, 1.54) is 20.3 Å². The number of hydrogen-bond donors (Lipinski definition) is 2. The number of nitrogens with one attached hydrogen (secondary N) is 2. The van der Waals surface area contributed by atoms with Crippen LogP contribution in [0.1, 0.15) is 10.5 Å². The van der Waals surface area contributed by atoms with Gasteiger partial charge in [-0.1, -0.05) is 0 Å². The number of ether oxygens (including phenoxy) is 2. The molecule has 0 aliphatic carbocycles. The summed E-state index contributed by atoms with van der Waals surface area (Å²) in [5.41, 5.74) is 0.524. The van der Waals surface area contributed by atoms with Crippen LogP contribution in [0.2, 0.25) is 0 Å². The minimum Gasteiger partial charge on any atom is -0.497 e. The van der Waals surface area contributed by atoms with Gasteiger partial charge in [0, 0.05) is 11.5 Å². The van der Waals surface area contributed by atoms with Gasteiger partial charge in [-0.05, 0) is 12.1 Å². The highest BCUT2D eigenvalue weighted by molar-refractivity contribution is 5.99. The van der Waals surface area contributed by atoms with Crippen molar-refractivity contribution in [2.75, 3.05) is 20.8 Å². The maximum Gasteiger partial charge on any atom is 0.405 e. The molecule has 1 aromatic carbocycles. The van der Waals surface area contributed by atoms with Crippen LogP contribution in [0.5, 0.6) is 11.5 Å². The zero-order valence-corrected chi connectivity index (χ0v) is 11.3. The maximum atomic E-state index is 12.1. The van der Waals surface area contributed by atoms with Crippen LogP contribution in [0.4, 0.5) is 13.2 Å². The molecule has 1 aromatic heterocycles. The number of amides is 1. The Morgan fingerprint density at radius 2 is 1.95 bits per heavy atom. The molecule has 0 aliphatic heterocycles. The average Bonchev–Trinajstić information content (AvgIpc) is 2.86. The number of aromatic amines is 1. The van der Waals surface area contributed by atoms with Crippen molar-refractivity contribution in [1.29, 1.82) is 0 Å². The van der Waals surface area contributed by atoms with Gasteiger partial charge in [-0.25, -0.2) is 0 Å². The lowest BCUT2D eigenvalue weighted by Gasteiger charge is -2.07. The first-order valence-electron chi connectivity index (χ1n) is 5.93. The van der Waals surface area contributed by atoms with Crippen LogP contribution in [-0.4, -0.2) is 37.8 Å². The van der Waals surface area contributed by atoms with Crippen LogP contribution in [0.25, 0.3) is 10.9 Å². The highest BCUT2D eigenvalue weighted by Crippen LogP contribution is 2.31. The summed E-state index contributed by atoms with van der Waals surface area (Å²) in [6.45, 7) is -1.39. The van der Waals surface area contributed by atoms with Crippen LogP contribution < -0.4 is 14.8 Å². The molecule has 0 fully saturated rings. The number of H-pyrrole nitrogens is 1. The second kappa shape index (κ2) is 5.55. The molecule has 0 radical (unpaired) electrons. The molecular weight excluding hydrogens is 289 g/mol. The van der Waals surface area contributed by atoms with E-state index in [0.717, 1.165) is 0 Å². The van der Waals surface area contributed by atoms with Gasteiger partial charge >= 0.3 is 6.18 Å². The van der Waals surface area contributed by atoms with Crippen molar-refractivity contribution >= 4 is 16.8 Å². The van der Waals surface area contributed by atoms with Crippen molar-refractivity contribution in [3.05, 3.63) is 23.9 Å². The van der Waals surface area contributed by atoms with E-state index in [4.69, 9.17) is 9.47 Å². The molecule has 0 aliphatic rings. The molecule has 0 atom stereocenters. The lowest BCUT2D eigenvalue weighted by atomic mass is 10.2. The Kier molecular flexibility index (Phi) is 3.97. The third kappa shape index (κ3) is 3.39. The number of carbonyl (C=O) groups excluding carboxylic acids is 1. The summed E-state index contributed by atoms with van der Waals surface area (Å²) < 4.78 is 46.5. The van der Waals surface area contributed by atoms with Crippen molar-refractivity contribution in [3.8, 4) is 11.5 Å². The lowest BCUT2D eigenvalue weighted by Crippen LogP contribution is -2.33. The zero-order chi connectivity index (χ0) is 15.6. The molecule has 21 heavy (non-hydrogen) atoms. The normalized spacial score (nSPS) is 11.5. The molecule has 0 spiro atoms. The number of rotatable bonds is 4. The number of benzene rings is 1. The molecule has 1 amide bonds. The van der Waals surface area contributed by atoms with Crippen LogP contribution >= 0.6 is 0 Å². The molecule has 2 rings (SSSR count). The summed E-state index contributed by atoms with van der Waals surface area (Å²) in [4.78, 5) is 14.4. The van der Waals surface area contributed by atoms with Gasteiger partial charge in [-0.2, -0.15) is 13.2 Å². The molecule has 0 unspecified atom stereocenters. The average molecular weight is 302 g/mol. The van der Waals surface area contributed by atoms with Gasteiger partial charge in [-0.3, -0.25) is 4.79 Å². The van der Waals surface area contributed by atoms with Crippen molar-refractivity contribution < 1.29 is 27.4 Å². The summed E-state index contributed by atoms with van der Waals surface area (Å²) in [7, 11) is 2.92. The van der Waals surface area contributed by atoms with E-state index in [0.29, 0.717) is 22.4 Å². The van der Waals surface area contributed by atoms with Gasteiger partial charge in [0.05, 0.1) is 19.7 Å². The van der Waals surface area contributed by atoms with Crippen LogP contribution in [0.15, 0.2) is 18.2 Å². The summed E-state index contributed by atoms with van der Waals surface area (Å²) in [5.74, 6) is 0.101. The topological polar surface area (TPSA) is 63.4 Å². The van der Waals surface area contributed by atoms with E-state index in [1.54, 1.807) is 17.4 Å². The van der Waals surface area contributed by atoms with Crippen LogP contribution in [-0.2, 0) is 0 Å². The molecular formula is C13H13F3N2O3. The van der Waals surface area contributed by atoms with Crippen molar-refractivity contribution in [1.82, 2.24) is 10.3 Å². The van der Waals surface area contributed by atoms with Gasteiger partial charge < -0.3 is 19.8 Å². The highest BCUT2D eigenvalue weighted by Gasteiger charge is 2.28. The first kappa shape index (κ1) is 15.0. The second-order valence-corrected chi connectivity index (χ2v) is 4.27. The molecule has 1 heterocycles. The molecule has 8 heteroatoms. The fraction of sp³-hybridized carbons (Fsp3) is 0.308. The Bertz CT molecular complexity index is 664. The smallest absolute Gasteiger partial charge is 0.405 e. The Balaban J connectivity index is 2.32. The number of alkyl halides is 3. The number of hydrogen-bond acceptors (Lipinski definition) is 3. The summed E-state index contributed by atoms with van der Waals surface area (Å²) >= 11 is 0. The first-order valence-corrected chi connectivity index (χ1v) is 5.93. The molecule has 2 N–H and O–H groups in total. The van der Waals surface area contributed by atoms with E-state index >= 15 is 0 Å². The van der Waals surface area contributed by atoms with Crippen LogP contribution in [0.3, 0.4) is 0 Å². The Morgan fingerprint density at radius 3 is 2.52 bits per heavy atom. The van der Waals surface area contributed by atoms with Gasteiger partial charge in [0.15, 0.2) is 0 Å². The zero-order valence-electron chi connectivity index (χ0n) is 11.3. The third-order valence-electron chi connectivity index (χ3n) is 2.82. The fourth-order valence-corrected chi connectivity index (χ4v) is 1.86. The van der Waals surface area contributed by atoms with Crippen LogP contribution in [0, 0.1) is 0 Å². The number of halogens is 3. The number of fused-ring (bicyclic) bond motifs is 1. The molecule has 0 saturated heterocycles. The summed E-state index contributed by atoms with van der Waals surface area (Å²) in [5, 5.41) is 2.40. The lowest BCUT2D eigenvalue weighted by molar-refractivity contribution is -0.123. The number of methoxy groups -OCH3 is 2. The van der Waals surface area contributed by atoms with Crippen molar-refractivity contribution in [2.45, 2.75) is 6.18 Å². The molecule has 114 valence electrons. The van der Waals surface area contributed by atoms with Gasteiger partial charge in [0.2, 0.25) is 0 Å². The Labute approximate surface area is 118 Å². The first-order chi connectivity index (χ1) is 9.84. The van der Waals surface area contributed by atoms with E-state index in [9.17, 15) is 18.0 Å². The monoisotopic (exact) mass is 302 g/mol. The quantitative estimate of drug-likeness (QED) is 0.912. The fourth-order valence-electron chi connectivity index (χ4n) is 1.86. The molecule has 0 saturated carbocycles. The van der Waals surface area contributed by atoms with E-state index in [2.05, 4.69) is 4.98 Å². The third-order valence-corrected chi connectivity index (χ3v) is 2.82. The standard InChI is InChI=1S/C13H13F3N2O3/c1-20-8-3-7-4-9(12(19)17-6-13(14,15)16)18-11(7)10(5-8)21-2/h3-5,18H,6H2,1-2H3,(H,17,19). The largest absolute Gasteiger partial charge is 0.497 e. The molecule has 0 bridgehead atoms. The number of carbonyl (C=O) groups is 1. The van der Waals surface area contributed by atoms with Gasteiger partial charge in [-0.15, -0.1) is 0 Å². The van der Waals surface area contributed by atoms with Gasteiger partial charge in [0.1, 0.15) is 23.7 Å². The van der Waals surface area contributed by atoms with E-state index in [-0.39, 0.29) is 5.69 Å². The summed E-state index contributed by atoms with van der Waals surface area (Å²) in [6.07, 6.45) is -4.46. The molecule has 5 nitrogen and oxygen atoms in total. The van der Waals surface area contributed by atoms with Crippen molar-refractivity contribution in [3.63, 3.8) is 0 Å². The Morgan fingerprint density at radius 1 is 1.24 bits per heavy atom. The number of aromatic nitrogens is 1. The van der Waals surface area contributed by atoms with Gasteiger partial charge in [0.25, 0.3) is 5.91 Å². The second-order valence-electron chi connectivity index (χ2n) is 4.27. The van der Waals surface area contributed by atoms with E-state index < -0.39 is 18.6 Å². The Hall–Kier alpha value is -2.38. The minimum absolute atomic E-state index is 0.0146.